The molecule has 0 bridgehead atoms. The van der Waals surface area contributed by atoms with E-state index in [1.807, 2.05) is 19.2 Å². The van der Waals surface area contributed by atoms with Crippen molar-refractivity contribution in [3.8, 4) is 0 Å². The normalized spacial score (nSPS) is 11.8. The lowest BCUT2D eigenvalue weighted by Crippen LogP contribution is -2.14. The summed E-state index contributed by atoms with van der Waals surface area (Å²) in [7, 11) is 0. The van der Waals surface area contributed by atoms with Gasteiger partial charge in [-0.2, -0.15) is 18.3 Å². The van der Waals surface area contributed by atoms with Crippen molar-refractivity contribution in [2.45, 2.75) is 32.7 Å². The van der Waals surface area contributed by atoms with Crippen LogP contribution in [0.5, 0.6) is 0 Å². The molecule has 0 radical (unpaired) electrons. The molecule has 0 spiro atoms. The molecule has 0 aliphatic carbocycles. The van der Waals surface area contributed by atoms with Gasteiger partial charge in [-0.3, -0.25) is 4.68 Å². The number of benzene rings is 1. The van der Waals surface area contributed by atoms with E-state index >= 15 is 0 Å². The summed E-state index contributed by atoms with van der Waals surface area (Å²) in [4.78, 5) is 0. The maximum atomic E-state index is 12.6. The Balaban J connectivity index is 1.91. The summed E-state index contributed by atoms with van der Waals surface area (Å²) in [5.41, 5.74) is 0.862. The smallest absolute Gasteiger partial charge is 0.307 e. The average molecular weight is 283 g/mol. The van der Waals surface area contributed by atoms with Gasteiger partial charge in [-0.15, -0.1) is 0 Å². The first-order chi connectivity index (χ1) is 9.49. The zero-order valence-corrected chi connectivity index (χ0v) is 11.1. The number of nitrogens with zero attached hydrogens (tertiary/aromatic N) is 2. The average Bonchev–Trinajstić information content (AvgIpc) is 2.86. The number of alkyl halides is 3. The maximum Gasteiger partial charge on any atom is 0.416 e. The first-order valence-corrected chi connectivity index (χ1v) is 6.38. The Morgan fingerprint density at radius 1 is 1.20 bits per heavy atom. The van der Waals surface area contributed by atoms with E-state index in [0.29, 0.717) is 18.7 Å². The highest BCUT2D eigenvalue weighted by Crippen LogP contribution is 2.29. The fraction of sp³-hybridized carbons (Fsp3) is 0.357. The number of aryl methyl sites for hydroxylation is 1. The van der Waals surface area contributed by atoms with Gasteiger partial charge < -0.3 is 5.32 Å². The second-order valence-corrected chi connectivity index (χ2v) is 4.46. The van der Waals surface area contributed by atoms with Crippen molar-refractivity contribution < 1.29 is 13.2 Å². The topological polar surface area (TPSA) is 29.9 Å². The molecule has 2 rings (SSSR count). The predicted molar refractivity (Wildman–Crippen MR) is 69.9 cm³/mol. The molecule has 20 heavy (non-hydrogen) atoms. The van der Waals surface area contributed by atoms with Gasteiger partial charge in [0.1, 0.15) is 0 Å². The number of rotatable bonds is 5. The standard InChI is InChI=1S/C14H16F3N3/c1-2-20-7-6-13(19-20)10-18-9-11-4-3-5-12(8-11)14(15,16)17/h3-8,18H,2,9-10H2,1H3. The number of hydrogen-bond acceptors (Lipinski definition) is 2. The van der Waals surface area contributed by atoms with Gasteiger partial charge in [0, 0.05) is 25.8 Å². The Bertz CT molecular complexity index is 561. The Morgan fingerprint density at radius 3 is 2.65 bits per heavy atom. The van der Waals surface area contributed by atoms with E-state index < -0.39 is 11.7 Å². The first kappa shape index (κ1) is 14.6. The molecule has 0 saturated carbocycles. The van der Waals surface area contributed by atoms with Gasteiger partial charge >= 0.3 is 6.18 Å². The van der Waals surface area contributed by atoms with E-state index in [1.54, 1.807) is 10.7 Å². The van der Waals surface area contributed by atoms with E-state index in [1.165, 1.54) is 6.07 Å². The number of halogens is 3. The molecule has 1 heterocycles. The van der Waals surface area contributed by atoms with Crippen LogP contribution in [0.2, 0.25) is 0 Å². The molecule has 2 aromatic rings. The van der Waals surface area contributed by atoms with Gasteiger partial charge in [-0.1, -0.05) is 18.2 Å². The highest BCUT2D eigenvalue weighted by molar-refractivity contribution is 5.25. The third kappa shape index (κ3) is 3.84. The van der Waals surface area contributed by atoms with E-state index in [-0.39, 0.29) is 0 Å². The largest absolute Gasteiger partial charge is 0.416 e. The molecule has 1 aromatic heterocycles. The minimum atomic E-state index is -4.30. The van der Waals surface area contributed by atoms with Crippen LogP contribution in [-0.4, -0.2) is 9.78 Å². The van der Waals surface area contributed by atoms with Crippen LogP contribution in [0.4, 0.5) is 13.2 Å². The van der Waals surface area contributed by atoms with Crippen molar-refractivity contribution in [1.82, 2.24) is 15.1 Å². The Hall–Kier alpha value is -1.82. The highest BCUT2D eigenvalue weighted by atomic mass is 19.4. The summed E-state index contributed by atoms with van der Waals surface area (Å²) in [6, 6.07) is 7.23. The minimum absolute atomic E-state index is 0.378. The van der Waals surface area contributed by atoms with Crippen LogP contribution in [0.3, 0.4) is 0 Å². The Morgan fingerprint density at radius 2 is 2.00 bits per heavy atom. The van der Waals surface area contributed by atoms with Crippen LogP contribution in [0.1, 0.15) is 23.7 Å². The third-order valence-electron chi connectivity index (χ3n) is 2.91. The zero-order chi connectivity index (χ0) is 14.6. The fourth-order valence-electron chi connectivity index (χ4n) is 1.87. The highest BCUT2D eigenvalue weighted by Gasteiger charge is 2.30. The maximum absolute atomic E-state index is 12.6. The summed E-state index contributed by atoms with van der Waals surface area (Å²) in [5, 5.41) is 7.38. The van der Waals surface area contributed by atoms with Crippen molar-refractivity contribution in [3.63, 3.8) is 0 Å². The van der Waals surface area contributed by atoms with Crippen LogP contribution in [0.15, 0.2) is 36.5 Å². The quantitative estimate of drug-likeness (QED) is 0.913. The van der Waals surface area contributed by atoms with Crippen LogP contribution in [0, 0.1) is 0 Å². The SMILES string of the molecule is CCn1ccc(CNCc2cccc(C(F)(F)F)c2)n1. The second-order valence-electron chi connectivity index (χ2n) is 4.46. The number of hydrogen-bond donors (Lipinski definition) is 1. The summed E-state index contributed by atoms with van der Waals surface area (Å²) in [5.74, 6) is 0. The van der Waals surface area contributed by atoms with E-state index in [0.717, 1.165) is 24.4 Å². The summed E-state index contributed by atoms with van der Waals surface area (Å²) < 4.78 is 39.5. The predicted octanol–water partition coefficient (Wildman–Crippen LogP) is 3.21. The summed E-state index contributed by atoms with van der Waals surface area (Å²) in [6.07, 6.45) is -2.42. The molecule has 3 nitrogen and oxygen atoms in total. The molecular weight excluding hydrogens is 267 g/mol. The van der Waals surface area contributed by atoms with Crippen LogP contribution >= 0.6 is 0 Å². The van der Waals surface area contributed by atoms with Crippen molar-refractivity contribution >= 4 is 0 Å². The number of nitrogens with one attached hydrogen (secondary N) is 1. The van der Waals surface area contributed by atoms with Crippen molar-refractivity contribution in [1.29, 1.82) is 0 Å². The molecule has 0 aliphatic heterocycles. The molecule has 108 valence electrons. The molecule has 1 aromatic carbocycles. The molecular formula is C14H16F3N3. The van der Waals surface area contributed by atoms with Crippen molar-refractivity contribution in [2.75, 3.05) is 0 Å². The summed E-state index contributed by atoms with van der Waals surface area (Å²) >= 11 is 0. The van der Waals surface area contributed by atoms with Gasteiger partial charge in [0.15, 0.2) is 0 Å². The minimum Gasteiger partial charge on any atom is -0.307 e. The lowest BCUT2D eigenvalue weighted by molar-refractivity contribution is -0.137. The van der Waals surface area contributed by atoms with E-state index in [2.05, 4.69) is 10.4 Å². The molecule has 6 heteroatoms. The van der Waals surface area contributed by atoms with Gasteiger partial charge in [-0.05, 0) is 24.6 Å². The molecule has 0 atom stereocenters. The Labute approximate surface area is 115 Å². The molecule has 0 aliphatic rings. The van der Waals surface area contributed by atoms with Crippen LogP contribution in [-0.2, 0) is 25.8 Å². The van der Waals surface area contributed by atoms with E-state index in [9.17, 15) is 13.2 Å². The zero-order valence-electron chi connectivity index (χ0n) is 11.1. The van der Waals surface area contributed by atoms with Crippen LogP contribution in [0.25, 0.3) is 0 Å². The van der Waals surface area contributed by atoms with Gasteiger partial charge in [0.2, 0.25) is 0 Å². The summed E-state index contributed by atoms with van der Waals surface area (Å²) in [6.45, 7) is 3.70. The fourth-order valence-corrected chi connectivity index (χ4v) is 1.87. The van der Waals surface area contributed by atoms with Gasteiger partial charge in [0.05, 0.1) is 11.3 Å². The van der Waals surface area contributed by atoms with E-state index in [4.69, 9.17) is 0 Å². The van der Waals surface area contributed by atoms with Crippen molar-refractivity contribution in [3.05, 3.63) is 53.3 Å². The molecule has 0 unspecified atom stereocenters. The molecule has 0 fully saturated rings. The van der Waals surface area contributed by atoms with Gasteiger partial charge in [-0.25, -0.2) is 0 Å². The lowest BCUT2D eigenvalue weighted by atomic mass is 10.1. The first-order valence-electron chi connectivity index (χ1n) is 6.38. The third-order valence-corrected chi connectivity index (χ3v) is 2.91. The second kappa shape index (κ2) is 6.09. The monoisotopic (exact) mass is 283 g/mol. The molecule has 1 N–H and O–H groups in total. The number of aromatic nitrogens is 2. The van der Waals surface area contributed by atoms with Gasteiger partial charge in [0.25, 0.3) is 0 Å². The Kier molecular flexibility index (Phi) is 4.44. The lowest BCUT2D eigenvalue weighted by Gasteiger charge is -2.09. The van der Waals surface area contributed by atoms with Crippen LogP contribution < -0.4 is 5.32 Å². The van der Waals surface area contributed by atoms with Crippen molar-refractivity contribution in [2.24, 2.45) is 0 Å². The molecule has 0 saturated heterocycles. The molecule has 0 amide bonds.